The lowest BCUT2D eigenvalue weighted by molar-refractivity contribution is 0.355. The molecule has 0 heterocycles. The lowest BCUT2D eigenvalue weighted by Gasteiger charge is -2.25. The van der Waals surface area contributed by atoms with Gasteiger partial charge in [-0.2, -0.15) is 4.31 Å². The van der Waals surface area contributed by atoms with Crippen molar-refractivity contribution in [2.45, 2.75) is 26.3 Å². The number of sulfone groups is 1. The summed E-state index contributed by atoms with van der Waals surface area (Å²) in [6.07, 6.45) is 1.58. The van der Waals surface area contributed by atoms with Gasteiger partial charge in [-0.15, -0.1) is 11.6 Å². The zero-order valence-electron chi connectivity index (χ0n) is 10.4. The van der Waals surface area contributed by atoms with Crippen molar-refractivity contribution in [2.24, 2.45) is 0 Å². The lowest BCUT2D eigenvalue weighted by atomic mass is 10.4. The molecule has 0 aromatic carbocycles. The summed E-state index contributed by atoms with van der Waals surface area (Å²) < 4.78 is 47.2. The molecule has 17 heavy (non-hydrogen) atoms. The summed E-state index contributed by atoms with van der Waals surface area (Å²) in [6.45, 7) is 3.84. The second-order valence-electron chi connectivity index (χ2n) is 4.19. The molecular weight excluding hydrogens is 286 g/mol. The third-order valence-corrected chi connectivity index (χ3v) is 5.67. The van der Waals surface area contributed by atoms with Gasteiger partial charge in [0.2, 0.25) is 10.0 Å². The normalized spacial score (nSPS) is 13.5. The number of hydrogen-bond acceptors (Lipinski definition) is 4. The molecule has 8 heteroatoms. The van der Waals surface area contributed by atoms with Gasteiger partial charge in [0.05, 0.1) is 11.5 Å². The summed E-state index contributed by atoms with van der Waals surface area (Å²) >= 11 is 5.53. The predicted molar refractivity (Wildman–Crippen MR) is 70.7 cm³/mol. The van der Waals surface area contributed by atoms with Crippen molar-refractivity contribution in [3.05, 3.63) is 0 Å². The van der Waals surface area contributed by atoms with Crippen molar-refractivity contribution < 1.29 is 16.8 Å². The molecule has 0 aliphatic heterocycles. The molecule has 0 unspecified atom stereocenters. The quantitative estimate of drug-likeness (QED) is 0.619. The molecule has 0 aromatic heterocycles. The second-order valence-corrected chi connectivity index (χ2v) is 8.87. The SMILES string of the molecule is CC(C)N(CCCCl)S(=O)(=O)CCS(C)(=O)=O. The van der Waals surface area contributed by atoms with Gasteiger partial charge in [0.25, 0.3) is 0 Å². The Morgan fingerprint density at radius 3 is 2.00 bits per heavy atom. The summed E-state index contributed by atoms with van der Waals surface area (Å²) in [4.78, 5) is 0. The van der Waals surface area contributed by atoms with Crippen LogP contribution in [0.25, 0.3) is 0 Å². The van der Waals surface area contributed by atoms with E-state index in [4.69, 9.17) is 11.6 Å². The van der Waals surface area contributed by atoms with Crippen LogP contribution in [0.15, 0.2) is 0 Å². The van der Waals surface area contributed by atoms with Crippen LogP contribution in [0.1, 0.15) is 20.3 Å². The van der Waals surface area contributed by atoms with Gasteiger partial charge in [-0.05, 0) is 20.3 Å². The Kier molecular flexibility index (Phi) is 6.98. The van der Waals surface area contributed by atoms with Crippen LogP contribution in [-0.2, 0) is 19.9 Å². The molecule has 0 N–H and O–H groups in total. The molecule has 0 bridgehead atoms. The monoisotopic (exact) mass is 305 g/mol. The highest BCUT2D eigenvalue weighted by molar-refractivity contribution is 7.93. The maximum Gasteiger partial charge on any atom is 0.215 e. The van der Waals surface area contributed by atoms with Crippen LogP contribution >= 0.6 is 11.6 Å². The first-order valence-corrected chi connectivity index (χ1v) is 9.54. The third kappa shape index (κ3) is 7.23. The molecule has 104 valence electrons. The Morgan fingerprint density at radius 1 is 1.12 bits per heavy atom. The number of sulfonamides is 1. The summed E-state index contributed by atoms with van der Waals surface area (Å²) in [6, 6.07) is -0.192. The Bertz CT molecular complexity index is 416. The molecule has 0 rings (SSSR count). The van der Waals surface area contributed by atoms with E-state index in [2.05, 4.69) is 0 Å². The van der Waals surface area contributed by atoms with Crippen LogP contribution in [0.4, 0.5) is 0 Å². The van der Waals surface area contributed by atoms with Gasteiger partial charge < -0.3 is 0 Å². The molecule has 0 saturated carbocycles. The molecule has 0 aromatic rings. The van der Waals surface area contributed by atoms with Gasteiger partial charge in [0, 0.05) is 24.7 Å². The first-order chi connectivity index (χ1) is 7.60. The van der Waals surface area contributed by atoms with Crippen LogP contribution in [-0.4, -0.2) is 57.4 Å². The molecule has 0 aliphatic rings. The van der Waals surface area contributed by atoms with Crippen LogP contribution < -0.4 is 0 Å². The Balaban J connectivity index is 4.73. The third-order valence-electron chi connectivity index (χ3n) is 2.16. The molecule has 0 radical (unpaired) electrons. The van der Waals surface area contributed by atoms with Crippen LogP contribution in [0, 0.1) is 0 Å². The molecule has 0 amide bonds. The summed E-state index contributed by atoms with van der Waals surface area (Å²) in [7, 11) is -6.80. The van der Waals surface area contributed by atoms with Crippen molar-refractivity contribution >= 4 is 31.5 Å². The number of halogens is 1. The number of nitrogens with zero attached hydrogens (tertiary/aromatic N) is 1. The molecule has 0 aliphatic carbocycles. The van der Waals surface area contributed by atoms with Crippen LogP contribution in [0.2, 0.25) is 0 Å². The Labute approximate surface area is 109 Å². The van der Waals surface area contributed by atoms with Gasteiger partial charge in [-0.1, -0.05) is 0 Å². The molecule has 0 saturated heterocycles. The molecule has 0 spiro atoms. The summed E-state index contributed by atoms with van der Waals surface area (Å²) in [5, 5.41) is 0. The van der Waals surface area contributed by atoms with Crippen LogP contribution in [0.5, 0.6) is 0 Å². The number of alkyl halides is 1. The molecule has 0 atom stereocenters. The number of hydrogen-bond donors (Lipinski definition) is 0. The predicted octanol–water partition coefficient (Wildman–Crippen LogP) is 0.700. The largest absolute Gasteiger partial charge is 0.229 e. The first kappa shape index (κ1) is 17.2. The first-order valence-electron chi connectivity index (χ1n) is 5.33. The average molecular weight is 306 g/mol. The lowest BCUT2D eigenvalue weighted by Crippen LogP contribution is -2.40. The minimum Gasteiger partial charge on any atom is -0.229 e. The minimum absolute atomic E-state index is 0.192. The fourth-order valence-corrected chi connectivity index (χ4v) is 4.77. The average Bonchev–Trinajstić information content (AvgIpc) is 2.14. The van der Waals surface area contributed by atoms with Crippen molar-refractivity contribution in [3.63, 3.8) is 0 Å². The van der Waals surface area contributed by atoms with Crippen LogP contribution in [0.3, 0.4) is 0 Å². The smallest absolute Gasteiger partial charge is 0.215 e. The van der Waals surface area contributed by atoms with Gasteiger partial charge in [-0.25, -0.2) is 16.8 Å². The van der Waals surface area contributed by atoms with Crippen molar-refractivity contribution in [1.29, 1.82) is 0 Å². The van der Waals surface area contributed by atoms with Gasteiger partial charge in [-0.3, -0.25) is 0 Å². The van der Waals surface area contributed by atoms with Gasteiger partial charge >= 0.3 is 0 Å². The van der Waals surface area contributed by atoms with E-state index in [0.29, 0.717) is 18.8 Å². The van der Waals surface area contributed by atoms with Crippen molar-refractivity contribution in [1.82, 2.24) is 4.31 Å². The van der Waals surface area contributed by atoms with E-state index < -0.39 is 19.9 Å². The Morgan fingerprint density at radius 2 is 1.65 bits per heavy atom. The second kappa shape index (κ2) is 6.92. The van der Waals surface area contributed by atoms with E-state index in [1.165, 1.54) is 4.31 Å². The van der Waals surface area contributed by atoms with E-state index >= 15 is 0 Å². The highest BCUT2D eigenvalue weighted by Crippen LogP contribution is 2.09. The maximum atomic E-state index is 11.9. The van der Waals surface area contributed by atoms with E-state index in [0.717, 1.165) is 6.26 Å². The van der Waals surface area contributed by atoms with Gasteiger partial charge in [0.15, 0.2) is 0 Å². The minimum atomic E-state index is -3.53. The summed E-state index contributed by atoms with van der Waals surface area (Å²) in [5.41, 5.74) is 0. The van der Waals surface area contributed by atoms with Gasteiger partial charge in [0.1, 0.15) is 9.84 Å². The molecular formula is C9H20ClNO4S2. The zero-order valence-corrected chi connectivity index (χ0v) is 12.8. The van der Waals surface area contributed by atoms with Crippen molar-refractivity contribution in [3.8, 4) is 0 Å². The topological polar surface area (TPSA) is 71.5 Å². The van der Waals surface area contributed by atoms with E-state index in [-0.39, 0.29) is 17.5 Å². The highest BCUT2D eigenvalue weighted by atomic mass is 35.5. The van der Waals surface area contributed by atoms with E-state index in [1.54, 1.807) is 13.8 Å². The molecule has 0 fully saturated rings. The number of rotatable bonds is 8. The standard InChI is InChI=1S/C9H20ClNO4S2/c1-9(2)11(6-4-5-10)17(14,15)8-7-16(3,12)13/h9H,4-8H2,1-3H3. The van der Waals surface area contributed by atoms with E-state index in [9.17, 15) is 16.8 Å². The fraction of sp³-hybridized carbons (Fsp3) is 1.00. The van der Waals surface area contributed by atoms with E-state index in [1.807, 2.05) is 0 Å². The molecule has 5 nitrogen and oxygen atoms in total. The van der Waals surface area contributed by atoms with Crippen molar-refractivity contribution in [2.75, 3.05) is 30.2 Å². The summed E-state index contributed by atoms with van der Waals surface area (Å²) in [5.74, 6) is -0.337. The highest BCUT2D eigenvalue weighted by Gasteiger charge is 2.25. The Hall–Kier alpha value is 0.150. The zero-order chi connectivity index (χ0) is 13.7. The fourth-order valence-electron chi connectivity index (χ4n) is 1.31. The maximum absolute atomic E-state index is 11.9.